The maximum Gasteiger partial charge on any atom is 0.315 e. The van der Waals surface area contributed by atoms with Gasteiger partial charge in [-0.25, -0.2) is 28.5 Å². The fourth-order valence-electron chi connectivity index (χ4n) is 7.22. The topological polar surface area (TPSA) is 323 Å². The molecule has 3 aromatic rings. The summed E-state index contributed by atoms with van der Waals surface area (Å²) in [6, 6.07) is 5.88. The fourth-order valence-corrected chi connectivity index (χ4v) is 7.55. The Morgan fingerprint density at radius 2 is 1.13 bits per heavy atom. The molecule has 1 saturated carbocycles. The maximum atomic E-state index is 13.9. The van der Waals surface area contributed by atoms with Crippen LogP contribution in [0.25, 0.3) is 17.2 Å². The normalized spacial score (nSPS) is 12.9. The summed E-state index contributed by atoms with van der Waals surface area (Å²) >= 11 is -0.522. The Balaban J connectivity index is 0.00000129. The van der Waals surface area contributed by atoms with Gasteiger partial charge in [-0.05, 0) is 43.4 Å². The summed E-state index contributed by atoms with van der Waals surface area (Å²) in [6.07, 6.45) is 9.38. The molecular weight excluding hydrogens is 1160 g/mol. The number of nitrogens with one attached hydrogen (secondary N) is 4. The SMILES string of the molecule is CCCNC(=O)C1=Cc2ccc(-c3cnc(CNC(=O)CCOCCOCCOCCOCCOCCOCCOCCOCCOCCOCCC(=O)Oc4c(F)c(F)c(SO)c(F)c4F)nc3)cc2N=C(N)C1.O=C(NCCO)NC1CCC1. The number of carbonyl (C=O) groups is 4. The van der Waals surface area contributed by atoms with Gasteiger partial charge in [0.2, 0.25) is 29.2 Å². The van der Waals surface area contributed by atoms with Crippen LogP contribution < -0.4 is 31.7 Å². The number of fused-ring (bicyclic) bond motifs is 1. The van der Waals surface area contributed by atoms with Crippen molar-refractivity contribution in [2.24, 2.45) is 10.7 Å². The Morgan fingerprint density at radius 1 is 0.640 bits per heavy atom. The molecule has 0 unspecified atom stereocenters. The quantitative estimate of drug-likeness (QED) is 0.0102. The Kier molecular flexibility index (Phi) is 37.4. The van der Waals surface area contributed by atoms with Crippen LogP contribution in [0, 0.1) is 23.3 Å². The molecule has 0 spiro atoms. The molecule has 2 heterocycles. The molecule has 86 heavy (non-hydrogen) atoms. The number of urea groups is 1. The zero-order chi connectivity index (χ0) is 62.0. The van der Waals surface area contributed by atoms with Crippen molar-refractivity contribution < 1.29 is 98.5 Å². The molecule has 1 aromatic heterocycles. The molecule has 0 radical (unpaired) electrons. The van der Waals surface area contributed by atoms with Gasteiger partial charge in [0.1, 0.15) is 16.6 Å². The molecule has 480 valence electrons. The average molecular weight is 1250 g/mol. The molecule has 30 heteroatoms. The highest BCUT2D eigenvalue weighted by Crippen LogP contribution is 2.35. The average Bonchev–Trinajstić information content (AvgIpc) is 3.23. The summed E-state index contributed by atoms with van der Waals surface area (Å²) in [5.74, 6) is -9.94. The van der Waals surface area contributed by atoms with E-state index in [-0.39, 0.29) is 76.9 Å². The highest BCUT2D eigenvalue weighted by Gasteiger charge is 2.29. The highest BCUT2D eigenvalue weighted by molar-refractivity contribution is 7.93. The van der Waals surface area contributed by atoms with Gasteiger partial charge in [0, 0.05) is 73.1 Å². The number of nitrogens with zero attached hydrogens (tertiary/aromatic N) is 3. The number of aliphatic imine (C=N–C) groups is 1. The van der Waals surface area contributed by atoms with Crippen LogP contribution in [0.4, 0.5) is 28.0 Å². The van der Waals surface area contributed by atoms with Crippen molar-refractivity contribution in [3.05, 3.63) is 70.8 Å². The summed E-state index contributed by atoms with van der Waals surface area (Å²) in [5.41, 5.74) is 9.74. The van der Waals surface area contributed by atoms with Gasteiger partial charge in [0.25, 0.3) is 0 Å². The fraction of sp³-hybridized carbons (Fsp3) is 0.589. The molecule has 1 aliphatic heterocycles. The summed E-state index contributed by atoms with van der Waals surface area (Å²) < 4.78 is 123. The third kappa shape index (κ3) is 29.6. The second-order valence-corrected chi connectivity index (χ2v) is 19.1. The van der Waals surface area contributed by atoms with Crippen LogP contribution in [-0.2, 0) is 68.3 Å². The molecule has 8 N–H and O–H groups in total. The molecule has 0 saturated heterocycles. The second kappa shape index (κ2) is 44.4. The van der Waals surface area contributed by atoms with Gasteiger partial charge < -0.3 is 88.8 Å². The lowest BCUT2D eigenvalue weighted by Gasteiger charge is -2.26. The molecule has 4 amide bonds. The molecule has 2 aromatic carbocycles. The van der Waals surface area contributed by atoms with Crippen LogP contribution in [-0.4, -0.2) is 207 Å². The summed E-state index contributed by atoms with van der Waals surface area (Å²) in [4.78, 5) is 59.6. The Bertz CT molecular complexity index is 2510. The number of carbonyl (C=O) groups excluding carboxylic acids is 4. The minimum absolute atomic E-state index is 0.00190. The van der Waals surface area contributed by atoms with Crippen LogP contribution in [0.2, 0.25) is 0 Å². The Hall–Kier alpha value is -6.00. The standard InChI is InChI=1S/C49H66F4N6O15S.C7H14N2O2/c1-2-7-55-49(62)36-28-35-4-3-34(29-38(35)59-39(54)30-36)37-31-56-40(57-32-37)33-58-41(60)5-8-64-10-12-66-14-16-68-18-20-70-22-24-72-26-27-73-25-23-71-21-19-69-17-15-67-13-11-65-9-6-42(61)74-47-43(50)45(52)48(75-63)46(53)44(47)51;10-5-4-8-7(11)9-6-2-1-3-6/h3-4,28-29,31-32,63H,2,5-27,30,33H2,1H3,(H2,54,59)(H,55,62)(H,58,60);6,10H,1-5H2,(H2,8,9,11). The van der Waals surface area contributed by atoms with E-state index < -0.39 is 58.3 Å². The van der Waals surface area contributed by atoms with Crippen molar-refractivity contribution >= 4 is 53.5 Å². The number of ether oxygens (including phenoxy) is 11. The van der Waals surface area contributed by atoms with Gasteiger partial charge in [-0.15, -0.1) is 0 Å². The van der Waals surface area contributed by atoms with E-state index in [0.29, 0.717) is 141 Å². The van der Waals surface area contributed by atoms with Gasteiger partial charge in [0.05, 0.1) is 157 Å². The second-order valence-electron chi connectivity index (χ2n) is 18.5. The van der Waals surface area contributed by atoms with Crippen LogP contribution in [0.15, 0.2) is 46.1 Å². The van der Waals surface area contributed by atoms with E-state index in [4.69, 9.17) is 62.8 Å². The molecule has 5 rings (SSSR count). The number of aromatic nitrogens is 2. The van der Waals surface area contributed by atoms with Gasteiger partial charge in [-0.2, -0.15) is 8.78 Å². The van der Waals surface area contributed by atoms with E-state index in [1.54, 1.807) is 12.4 Å². The first-order valence-corrected chi connectivity index (χ1v) is 29.0. The van der Waals surface area contributed by atoms with Gasteiger partial charge in [0.15, 0.2) is 11.6 Å². The lowest BCUT2D eigenvalue weighted by Crippen LogP contribution is -2.45. The van der Waals surface area contributed by atoms with Crippen molar-refractivity contribution in [3.8, 4) is 16.9 Å². The van der Waals surface area contributed by atoms with Crippen molar-refractivity contribution in [1.82, 2.24) is 31.2 Å². The number of halogens is 4. The monoisotopic (exact) mass is 1240 g/mol. The van der Waals surface area contributed by atoms with Crippen molar-refractivity contribution in [1.29, 1.82) is 0 Å². The first-order valence-electron chi connectivity index (χ1n) is 28.2. The lowest BCUT2D eigenvalue weighted by molar-refractivity contribution is -0.136. The molecule has 0 atom stereocenters. The number of esters is 1. The number of hydrogen-bond acceptors (Lipinski definition) is 22. The summed E-state index contributed by atoms with van der Waals surface area (Å²) in [7, 11) is 0. The lowest BCUT2D eigenvalue weighted by atomic mass is 9.93. The van der Waals surface area contributed by atoms with Crippen LogP contribution in [0.5, 0.6) is 5.75 Å². The number of amidine groups is 1. The highest BCUT2D eigenvalue weighted by atomic mass is 32.2. The van der Waals surface area contributed by atoms with Crippen LogP contribution >= 0.6 is 12.0 Å². The third-order valence-corrected chi connectivity index (χ3v) is 12.4. The zero-order valence-corrected chi connectivity index (χ0v) is 49.1. The predicted octanol–water partition coefficient (Wildman–Crippen LogP) is 4.57. The number of amides is 4. The van der Waals surface area contributed by atoms with Gasteiger partial charge in [-0.3, -0.25) is 14.4 Å². The number of nitrogens with two attached hydrogens (primary N) is 1. The van der Waals surface area contributed by atoms with E-state index in [1.165, 1.54) is 6.42 Å². The first-order chi connectivity index (χ1) is 41.8. The molecule has 1 aliphatic carbocycles. The Labute approximate surface area is 501 Å². The minimum atomic E-state index is -1.95. The van der Waals surface area contributed by atoms with Crippen LogP contribution in [0.1, 0.15) is 63.3 Å². The molecule has 25 nitrogen and oxygen atoms in total. The van der Waals surface area contributed by atoms with Gasteiger partial charge in [-0.1, -0.05) is 19.1 Å². The Morgan fingerprint density at radius 3 is 1.58 bits per heavy atom. The minimum Gasteiger partial charge on any atom is -0.420 e. The molecule has 1 fully saturated rings. The third-order valence-electron chi connectivity index (χ3n) is 11.9. The van der Waals surface area contributed by atoms with Crippen molar-refractivity contribution in [2.45, 2.75) is 69.4 Å². The zero-order valence-electron chi connectivity index (χ0n) is 48.3. The van der Waals surface area contributed by atoms with Crippen molar-refractivity contribution in [3.63, 3.8) is 0 Å². The van der Waals surface area contributed by atoms with Gasteiger partial charge >= 0.3 is 12.0 Å². The van der Waals surface area contributed by atoms with E-state index in [9.17, 15) is 36.7 Å². The molecule has 0 bridgehead atoms. The van der Waals surface area contributed by atoms with E-state index in [1.807, 2.05) is 31.2 Å². The smallest absolute Gasteiger partial charge is 0.315 e. The maximum absolute atomic E-state index is 13.9. The van der Waals surface area contributed by atoms with E-state index >= 15 is 0 Å². The molecule has 2 aliphatic rings. The number of hydrogen-bond donors (Lipinski definition) is 7. The van der Waals surface area contributed by atoms with Crippen LogP contribution in [0.3, 0.4) is 0 Å². The predicted molar refractivity (Wildman–Crippen MR) is 306 cm³/mol. The number of aliphatic hydroxyl groups excluding tert-OH is 1. The number of rotatable bonds is 44. The first kappa shape index (κ1) is 72.5. The largest absolute Gasteiger partial charge is 0.420 e. The number of aliphatic hydroxyl groups is 1. The summed E-state index contributed by atoms with van der Waals surface area (Å²) in [5, 5.41) is 19.4. The van der Waals surface area contributed by atoms with Crippen molar-refractivity contribution in [2.75, 3.05) is 152 Å². The molecular formula is C56H80F4N8O17S. The van der Waals surface area contributed by atoms with E-state index in [2.05, 4.69) is 41.0 Å². The van der Waals surface area contributed by atoms with E-state index in [0.717, 1.165) is 36.0 Å². The number of benzene rings is 2. The summed E-state index contributed by atoms with van der Waals surface area (Å²) in [6.45, 7) is 9.35.